The van der Waals surface area contributed by atoms with Gasteiger partial charge in [0.2, 0.25) is 0 Å². The number of pyridine rings is 1. The smallest absolute Gasteiger partial charge is 0.272 e. The molecule has 3 aromatic rings. The van der Waals surface area contributed by atoms with Gasteiger partial charge in [0.05, 0.1) is 0 Å². The molecule has 1 aromatic heterocycles. The molecule has 1 saturated carbocycles. The summed E-state index contributed by atoms with van der Waals surface area (Å²) in [5, 5.41) is 0. The van der Waals surface area contributed by atoms with Crippen molar-refractivity contribution in [1.82, 2.24) is 14.8 Å². The van der Waals surface area contributed by atoms with Crippen LogP contribution < -0.4 is 0 Å². The quantitative estimate of drug-likeness (QED) is 0.458. The van der Waals surface area contributed by atoms with Gasteiger partial charge in [0.15, 0.2) is 0 Å². The molecule has 1 aliphatic carbocycles. The number of carbonyl (C=O) groups is 1. The average Bonchev–Trinajstić information content (AvgIpc) is 3.72. The standard InChI is InChI=1S/C29H32FN3O/c30-26-11-5-4-10-24(26)21-32-18-15-23(16-19-32)28(20-22-8-2-1-3-9-22)33(25-13-14-25)29(34)27-12-6-7-17-31-27/h1-12,17,23,25,28H,13-16,18-21H2/t28-/m1/s1. The summed E-state index contributed by atoms with van der Waals surface area (Å²) in [6.07, 6.45) is 6.70. The number of halogens is 1. The first-order chi connectivity index (χ1) is 16.7. The molecule has 0 N–H and O–H groups in total. The van der Waals surface area contributed by atoms with Crippen LogP contribution in [0, 0.1) is 11.7 Å². The van der Waals surface area contributed by atoms with Crippen molar-refractivity contribution in [1.29, 1.82) is 0 Å². The highest BCUT2D eigenvalue weighted by Gasteiger charge is 2.42. The number of likely N-dealkylation sites (tertiary alicyclic amines) is 1. The van der Waals surface area contributed by atoms with Crippen LogP contribution in [0.5, 0.6) is 0 Å². The SMILES string of the molecule is O=C(c1ccccn1)N(C1CC1)[C@H](Cc1ccccc1)C1CCN(Cc2ccccc2F)CC1. The second-order valence-electron chi connectivity index (χ2n) is 9.62. The predicted molar refractivity (Wildman–Crippen MR) is 132 cm³/mol. The molecule has 1 aliphatic heterocycles. The normalized spacial score (nSPS) is 17.9. The Labute approximate surface area is 201 Å². The number of aromatic nitrogens is 1. The van der Waals surface area contributed by atoms with Gasteiger partial charge in [-0.15, -0.1) is 0 Å². The van der Waals surface area contributed by atoms with Crippen LogP contribution in [0.1, 0.15) is 47.3 Å². The highest BCUT2D eigenvalue weighted by atomic mass is 19.1. The first-order valence-electron chi connectivity index (χ1n) is 12.4. The summed E-state index contributed by atoms with van der Waals surface area (Å²) in [5.74, 6) is 0.329. The molecule has 2 fully saturated rings. The fourth-order valence-electron chi connectivity index (χ4n) is 5.27. The molecule has 0 bridgehead atoms. The highest BCUT2D eigenvalue weighted by molar-refractivity contribution is 5.93. The van der Waals surface area contributed by atoms with Crippen LogP contribution in [0.3, 0.4) is 0 Å². The molecule has 0 radical (unpaired) electrons. The zero-order chi connectivity index (χ0) is 23.3. The number of amides is 1. The minimum absolute atomic E-state index is 0.0535. The number of benzene rings is 2. The zero-order valence-electron chi connectivity index (χ0n) is 19.5. The van der Waals surface area contributed by atoms with Crippen molar-refractivity contribution >= 4 is 5.91 Å². The molecule has 176 valence electrons. The zero-order valence-corrected chi connectivity index (χ0v) is 19.5. The number of rotatable bonds is 8. The average molecular weight is 458 g/mol. The van der Waals surface area contributed by atoms with E-state index in [2.05, 4.69) is 39.0 Å². The number of nitrogens with zero attached hydrogens (tertiary/aromatic N) is 3. The van der Waals surface area contributed by atoms with E-state index in [1.165, 1.54) is 11.6 Å². The lowest BCUT2D eigenvalue weighted by atomic mass is 9.84. The van der Waals surface area contributed by atoms with Crippen LogP contribution in [0.4, 0.5) is 4.39 Å². The lowest BCUT2D eigenvalue weighted by Gasteiger charge is -2.42. The molecule has 0 unspecified atom stereocenters. The molecule has 5 rings (SSSR count). The Balaban J connectivity index is 1.35. The van der Waals surface area contributed by atoms with E-state index in [0.29, 0.717) is 24.2 Å². The van der Waals surface area contributed by atoms with E-state index in [-0.39, 0.29) is 17.8 Å². The number of carbonyl (C=O) groups excluding carboxylic acids is 1. The van der Waals surface area contributed by atoms with Gasteiger partial charge in [-0.05, 0) is 74.9 Å². The predicted octanol–water partition coefficient (Wildman–Crippen LogP) is 5.35. The lowest BCUT2D eigenvalue weighted by Crippen LogP contribution is -2.50. The lowest BCUT2D eigenvalue weighted by molar-refractivity contribution is 0.0476. The molecule has 2 heterocycles. The van der Waals surface area contributed by atoms with Crippen molar-refractivity contribution in [2.75, 3.05) is 13.1 Å². The largest absolute Gasteiger partial charge is 0.331 e. The van der Waals surface area contributed by atoms with Gasteiger partial charge >= 0.3 is 0 Å². The van der Waals surface area contributed by atoms with E-state index in [4.69, 9.17) is 0 Å². The van der Waals surface area contributed by atoms with Gasteiger partial charge in [-0.1, -0.05) is 54.6 Å². The maximum Gasteiger partial charge on any atom is 0.272 e. The Morgan fingerprint density at radius 2 is 1.65 bits per heavy atom. The van der Waals surface area contributed by atoms with Gasteiger partial charge in [0.25, 0.3) is 5.91 Å². The number of piperidine rings is 1. The molecule has 1 atom stereocenters. The number of hydrogen-bond acceptors (Lipinski definition) is 3. The summed E-state index contributed by atoms with van der Waals surface area (Å²) in [5.41, 5.74) is 2.55. The second kappa shape index (κ2) is 10.5. The van der Waals surface area contributed by atoms with Crippen molar-refractivity contribution in [2.24, 2.45) is 5.92 Å². The highest BCUT2D eigenvalue weighted by Crippen LogP contribution is 2.36. The molecule has 4 nitrogen and oxygen atoms in total. The summed E-state index contributed by atoms with van der Waals surface area (Å²) < 4.78 is 14.2. The van der Waals surface area contributed by atoms with Gasteiger partial charge in [-0.2, -0.15) is 0 Å². The van der Waals surface area contributed by atoms with E-state index >= 15 is 0 Å². The fourth-order valence-corrected chi connectivity index (χ4v) is 5.27. The summed E-state index contributed by atoms with van der Waals surface area (Å²) in [6, 6.07) is 23.6. The van der Waals surface area contributed by atoms with Crippen LogP contribution in [-0.2, 0) is 13.0 Å². The van der Waals surface area contributed by atoms with Crippen molar-refractivity contribution in [3.63, 3.8) is 0 Å². The molecular weight excluding hydrogens is 425 g/mol. The summed E-state index contributed by atoms with van der Waals surface area (Å²) in [7, 11) is 0. The van der Waals surface area contributed by atoms with Crippen molar-refractivity contribution in [3.05, 3.63) is 102 Å². The summed E-state index contributed by atoms with van der Waals surface area (Å²) in [6.45, 7) is 2.48. The van der Waals surface area contributed by atoms with Gasteiger partial charge in [-0.25, -0.2) is 4.39 Å². The Morgan fingerprint density at radius 1 is 0.941 bits per heavy atom. The van der Waals surface area contributed by atoms with E-state index in [1.54, 1.807) is 12.3 Å². The van der Waals surface area contributed by atoms with Crippen LogP contribution in [-0.4, -0.2) is 45.9 Å². The third kappa shape index (κ3) is 5.36. The fraction of sp³-hybridized carbons (Fsp3) is 0.379. The monoisotopic (exact) mass is 457 g/mol. The Morgan fingerprint density at radius 3 is 2.32 bits per heavy atom. The van der Waals surface area contributed by atoms with Gasteiger partial charge in [0, 0.05) is 30.4 Å². The Bertz CT molecular complexity index is 1080. The second-order valence-corrected chi connectivity index (χ2v) is 9.62. The van der Waals surface area contributed by atoms with E-state index in [0.717, 1.165) is 50.8 Å². The summed E-state index contributed by atoms with van der Waals surface area (Å²) in [4.78, 5) is 22.5. The van der Waals surface area contributed by atoms with Crippen molar-refractivity contribution < 1.29 is 9.18 Å². The third-order valence-corrected chi connectivity index (χ3v) is 7.23. The maximum absolute atomic E-state index is 14.2. The molecule has 1 saturated heterocycles. The van der Waals surface area contributed by atoms with E-state index in [9.17, 15) is 9.18 Å². The van der Waals surface area contributed by atoms with Crippen LogP contribution in [0.15, 0.2) is 79.0 Å². The molecular formula is C29H32FN3O. The minimum Gasteiger partial charge on any atom is -0.331 e. The van der Waals surface area contributed by atoms with Crippen LogP contribution >= 0.6 is 0 Å². The van der Waals surface area contributed by atoms with Gasteiger partial charge < -0.3 is 4.90 Å². The van der Waals surface area contributed by atoms with Crippen LogP contribution in [0.2, 0.25) is 0 Å². The molecule has 2 aliphatic rings. The van der Waals surface area contributed by atoms with Crippen molar-refractivity contribution in [3.8, 4) is 0 Å². The van der Waals surface area contributed by atoms with Crippen LogP contribution in [0.25, 0.3) is 0 Å². The van der Waals surface area contributed by atoms with E-state index < -0.39 is 0 Å². The molecule has 34 heavy (non-hydrogen) atoms. The van der Waals surface area contributed by atoms with Gasteiger partial charge in [0.1, 0.15) is 11.5 Å². The van der Waals surface area contributed by atoms with Crippen molar-refractivity contribution in [2.45, 2.75) is 50.7 Å². The third-order valence-electron chi connectivity index (χ3n) is 7.23. The molecule has 2 aromatic carbocycles. The first-order valence-corrected chi connectivity index (χ1v) is 12.4. The Kier molecular flexibility index (Phi) is 7.00. The molecule has 5 heteroatoms. The van der Waals surface area contributed by atoms with Gasteiger partial charge in [-0.3, -0.25) is 14.7 Å². The maximum atomic E-state index is 14.2. The van der Waals surface area contributed by atoms with E-state index in [1.807, 2.05) is 36.4 Å². The molecule has 0 spiro atoms. The molecule has 1 amide bonds. The summed E-state index contributed by atoms with van der Waals surface area (Å²) >= 11 is 0. The minimum atomic E-state index is -0.132. The first kappa shape index (κ1) is 22.7. The topological polar surface area (TPSA) is 36.4 Å². The number of hydrogen-bond donors (Lipinski definition) is 0. The Hall–Kier alpha value is -3.05.